The zero-order chi connectivity index (χ0) is 20.3. The summed E-state index contributed by atoms with van der Waals surface area (Å²) in [6, 6.07) is 11.2. The summed E-state index contributed by atoms with van der Waals surface area (Å²) in [7, 11) is 0. The first-order chi connectivity index (χ1) is 13.4. The van der Waals surface area contributed by atoms with Crippen LogP contribution in [0.3, 0.4) is 0 Å². The Morgan fingerprint density at radius 3 is 2.57 bits per heavy atom. The Labute approximate surface area is 163 Å². The van der Waals surface area contributed by atoms with Crippen LogP contribution in [0.15, 0.2) is 46.9 Å². The molecule has 0 saturated carbocycles. The van der Waals surface area contributed by atoms with Crippen molar-refractivity contribution in [3.8, 4) is 5.75 Å². The zero-order valence-electron chi connectivity index (χ0n) is 16.3. The third-order valence-electron chi connectivity index (χ3n) is 4.43. The maximum Gasteiger partial charge on any atom is 0.338 e. The summed E-state index contributed by atoms with van der Waals surface area (Å²) >= 11 is 0. The number of fused-ring (bicyclic) bond motifs is 1. The fourth-order valence-electron chi connectivity index (χ4n) is 3.11. The number of carbonyl (C=O) groups is 2. The lowest BCUT2D eigenvalue weighted by molar-refractivity contribution is 0.0378. The van der Waals surface area contributed by atoms with Crippen molar-refractivity contribution >= 4 is 22.7 Å². The Morgan fingerprint density at radius 1 is 1.11 bits per heavy atom. The largest absolute Gasteiger partial charge is 0.508 e. The molecule has 1 N–H and O–H groups in total. The number of furan rings is 1. The second kappa shape index (κ2) is 8.30. The molecular weight excluding hydrogens is 356 g/mol. The molecule has 0 aliphatic rings. The fraction of sp³-hybridized carbons (Fsp3) is 0.304. The number of hydrogen-bond acceptors (Lipinski definition) is 5. The minimum Gasteiger partial charge on any atom is -0.508 e. The van der Waals surface area contributed by atoms with E-state index in [2.05, 4.69) is 6.92 Å². The highest BCUT2D eigenvalue weighted by molar-refractivity contribution is 6.17. The van der Waals surface area contributed by atoms with Crippen LogP contribution in [-0.4, -0.2) is 23.0 Å². The first-order valence-electron chi connectivity index (χ1n) is 9.50. The van der Waals surface area contributed by atoms with Gasteiger partial charge in [0.15, 0.2) is 5.78 Å². The van der Waals surface area contributed by atoms with Gasteiger partial charge in [0.2, 0.25) is 0 Å². The van der Waals surface area contributed by atoms with Crippen molar-refractivity contribution < 1.29 is 23.8 Å². The summed E-state index contributed by atoms with van der Waals surface area (Å²) in [5.41, 5.74) is 1.73. The number of benzene rings is 2. The second-order valence-electron chi connectivity index (χ2n) is 7.05. The van der Waals surface area contributed by atoms with Gasteiger partial charge in [-0.15, -0.1) is 0 Å². The molecule has 2 aromatic carbocycles. The van der Waals surface area contributed by atoms with E-state index in [4.69, 9.17) is 9.15 Å². The highest BCUT2D eigenvalue weighted by Gasteiger charge is 2.23. The minimum absolute atomic E-state index is 0.0231. The molecule has 1 aromatic heterocycles. The number of rotatable bonds is 7. The topological polar surface area (TPSA) is 76.7 Å². The lowest BCUT2D eigenvalue weighted by atomic mass is 9.97. The standard InChI is InChI=1S/C23H24O5/c1-4-5-9-20-21(22(25)15-7-6-8-17(24)12-15)18-13-16(10-11-19(18)28-20)23(26)27-14(2)3/h6-8,10-14,24H,4-5,9H2,1-3H3. The van der Waals surface area contributed by atoms with Crippen LogP contribution in [-0.2, 0) is 11.2 Å². The predicted molar refractivity (Wildman–Crippen MR) is 107 cm³/mol. The average Bonchev–Trinajstić information content (AvgIpc) is 3.02. The van der Waals surface area contributed by atoms with E-state index < -0.39 is 5.97 Å². The fourth-order valence-corrected chi connectivity index (χ4v) is 3.11. The van der Waals surface area contributed by atoms with Gasteiger partial charge in [0.25, 0.3) is 0 Å². The zero-order valence-corrected chi connectivity index (χ0v) is 16.3. The van der Waals surface area contributed by atoms with Crippen LogP contribution in [0.25, 0.3) is 11.0 Å². The van der Waals surface area contributed by atoms with Gasteiger partial charge in [-0.1, -0.05) is 25.5 Å². The van der Waals surface area contributed by atoms with E-state index in [1.54, 1.807) is 44.2 Å². The van der Waals surface area contributed by atoms with Gasteiger partial charge >= 0.3 is 5.97 Å². The SMILES string of the molecule is CCCCc1oc2ccc(C(=O)OC(C)C)cc2c1C(=O)c1cccc(O)c1. The monoisotopic (exact) mass is 380 g/mol. The van der Waals surface area contributed by atoms with E-state index in [1.165, 1.54) is 12.1 Å². The molecule has 0 radical (unpaired) electrons. The maximum atomic E-state index is 13.2. The molecule has 146 valence electrons. The smallest absolute Gasteiger partial charge is 0.338 e. The predicted octanol–water partition coefficient (Wildman–Crippen LogP) is 5.28. The van der Waals surface area contributed by atoms with Crippen LogP contribution < -0.4 is 0 Å². The first-order valence-corrected chi connectivity index (χ1v) is 9.50. The molecule has 0 bridgehead atoms. The molecule has 5 heteroatoms. The van der Waals surface area contributed by atoms with Crippen LogP contribution in [0.4, 0.5) is 0 Å². The first kappa shape index (κ1) is 19.7. The van der Waals surface area contributed by atoms with Crippen molar-refractivity contribution in [3.05, 3.63) is 64.9 Å². The molecule has 1 heterocycles. The Kier molecular flexibility index (Phi) is 5.83. The molecule has 0 saturated heterocycles. The van der Waals surface area contributed by atoms with Crippen LogP contribution >= 0.6 is 0 Å². The molecule has 0 spiro atoms. The van der Waals surface area contributed by atoms with Crippen LogP contribution in [0, 0.1) is 0 Å². The van der Waals surface area contributed by atoms with Crippen molar-refractivity contribution in [2.24, 2.45) is 0 Å². The number of unbranched alkanes of at least 4 members (excludes halogenated alkanes) is 1. The van der Waals surface area contributed by atoms with Gasteiger partial charge in [-0.2, -0.15) is 0 Å². The molecule has 0 atom stereocenters. The summed E-state index contributed by atoms with van der Waals surface area (Å²) < 4.78 is 11.2. The van der Waals surface area contributed by atoms with Gasteiger partial charge in [-0.05, 0) is 50.6 Å². The molecular formula is C23H24O5. The molecule has 0 aliphatic carbocycles. The minimum atomic E-state index is -0.441. The van der Waals surface area contributed by atoms with E-state index in [9.17, 15) is 14.7 Å². The number of aromatic hydroxyl groups is 1. The molecule has 28 heavy (non-hydrogen) atoms. The molecule has 3 aromatic rings. The number of aryl methyl sites for hydroxylation is 1. The average molecular weight is 380 g/mol. The third-order valence-corrected chi connectivity index (χ3v) is 4.43. The van der Waals surface area contributed by atoms with Crippen LogP contribution in [0.2, 0.25) is 0 Å². The van der Waals surface area contributed by atoms with Crippen LogP contribution in [0.1, 0.15) is 65.7 Å². The molecule has 0 unspecified atom stereocenters. The third kappa shape index (κ3) is 4.09. The Balaban J connectivity index is 2.13. The number of ether oxygens (including phenoxy) is 1. The van der Waals surface area contributed by atoms with Gasteiger partial charge in [0.05, 0.1) is 17.2 Å². The Hall–Kier alpha value is -3.08. The van der Waals surface area contributed by atoms with E-state index in [0.29, 0.717) is 39.8 Å². The van der Waals surface area contributed by atoms with Crippen molar-refractivity contribution in [2.45, 2.75) is 46.1 Å². The van der Waals surface area contributed by atoms with Gasteiger partial charge < -0.3 is 14.3 Å². The summed E-state index contributed by atoms with van der Waals surface area (Å²) in [6.45, 7) is 5.64. The van der Waals surface area contributed by atoms with Crippen molar-refractivity contribution in [1.29, 1.82) is 0 Å². The van der Waals surface area contributed by atoms with E-state index in [0.717, 1.165) is 12.8 Å². The number of phenolic OH excluding ortho intramolecular Hbond substituents is 1. The summed E-state index contributed by atoms with van der Waals surface area (Å²) in [5, 5.41) is 10.3. The highest BCUT2D eigenvalue weighted by atomic mass is 16.5. The summed E-state index contributed by atoms with van der Waals surface area (Å²) in [6.07, 6.45) is 2.23. The van der Waals surface area contributed by atoms with Crippen LogP contribution in [0.5, 0.6) is 5.75 Å². The number of esters is 1. The normalized spacial score (nSPS) is 11.1. The van der Waals surface area contributed by atoms with Gasteiger partial charge in [-0.25, -0.2) is 4.79 Å². The summed E-state index contributed by atoms with van der Waals surface area (Å²) in [4.78, 5) is 25.5. The molecule has 3 rings (SSSR count). The number of ketones is 1. The quantitative estimate of drug-likeness (QED) is 0.446. The molecule has 0 amide bonds. The van der Waals surface area contributed by atoms with Crippen molar-refractivity contribution in [3.63, 3.8) is 0 Å². The van der Waals surface area contributed by atoms with E-state index in [-0.39, 0.29) is 17.6 Å². The van der Waals surface area contributed by atoms with Gasteiger partial charge in [0.1, 0.15) is 17.1 Å². The van der Waals surface area contributed by atoms with Gasteiger partial charge in [0, 0.05) is 17.4 Å². The van der Waals surface area contributed by atoms with Gasteiger partial charge in [-0.3, -0.25) is 4.79 Å². The van der Waals surface area contributed by atoms with E-state index in [1.807, 2.05) is 0 Å². The molecule has 5 nitrogen and oxygen atoms in total. The number of phenols is 1. The Morgan fingerprint density at radius 2 is 1.89 bits per heavy atom. The second-order valence-corrected chi connectivity index (χ2v) is 7.05. The summed E-state index contributed by atoms with van der Waals surface area (Å²) in [5.74, 6) is -0.0615. The number of hydrogen-bond donors (Lipinski definition) is 1. The van der Waals surface area contributed by atoms with E-state index >= 15 is 0 Å². The lowest BCUT2D eigenvalue weighted by Gasteiger charge is -2.08. The number of carbonyl (C=O) groups excluding carboxylic acids is 2. The highest BCUT2D eigenvalue weighted by Crippen LogP contribution is 2.31. The molecule has 0 aliphatic heterocycles. The molecule has 0 fully saturated rings. The van der Waals surface area contributed by atoms with Crippen molar-refractivity contribution in [1.82, 2.24) is 0 Å². The maximum absolute atomic E-state index is 13.2. The lowest BCUT2D eigenvalue weighted by Crippen LogP contribution is -2.11. The van der Waals surface area contributed by atoms with Crippen molar-refractivity contribution in [2.75, 3.05) is 0 Å². The Bertz CT molecular complexity index is 1010.